The monoisotopic (exact) mass is 333 g/mol. The third-order valence-corrected chi connectivity index (χ3v) is 4.39. The van der Waals surface area contributed by atoms with Gasteiger partial charge in [-0.3, -0.25) is 9.59 Å². The minimum absolute atomic E-state index is 0.0488. The maximum Gasteiger partial charge on any atom is 0.354 e. The third-order valence-electron chi connectivity index (χ3n) is 4.39. The average Bonchev–Trinajstić information content (AvgIpc) is 2.62. The molecule has 1 aromatic rings. The highest BCUT2D eigenvalue weighted by atomic mass is 16.4. The molecule has 0 aliphatic carbocycles. The number of hydrogen-bond donors (Lipinski definition) is 1. The van der Waals surface area contributed by atoms with E-state index < -0.39 is 5.97 Å². The molecule has 1 aromatic heterocycles. The van der Waals surface area contributed by atoms with Gasteiger partial charge in [-0.2, -0.15) is 0 Å². The van der Waals surface area contributed by atoms with Crippen LogP contribution < -0.4 is 0 Å². The molecule has 7 heteroatoms. The van der Waals surface area contributed by atoms with Crippen molar-refractivity contribution in [2.75, 3.05) is 26.2 Å². The Morgan fingerprint density at radius 3 is 2.29 bits per heavy atom. The number of carbonyl (C=O) groups is 3. The Balaban J connectivity index is 1.99. The Bertz CT molecular complexity index is 620. The zero-order valence-corrected chi connectivity index (χ0v) is 14.1. The number of likely N-dealkylation sites (tertiary alicyclic amines) is 1. The van der Waals surface area contributed by atoms with Gasteiger partial charge in [0.1, 0.15) is 11.4 Å². The van der Waals surface area contributed by atoms with Crippen molar-refractivity contribution in [2.24, 2.45) is 5.92 Å². The van der Waals surface area contributed by atoms with Gasteiger partial charge in [-0.15, -0.1) is 0 Å². The highest BCUT2D eigenvalue weighted by molar-refractivity contribution is 5.94. The van der Waals surface area contributed by atoms with Crippen molar-refractivity contribution < 1.29 is 19.5 Å². The van der Waals surface area contributed by atoms with Crippen molar-refractivity contribution in [1.82, 2.24) is 14.8 Å². The number of pyridine rings is 1. The van der Waals surface area contributed by atoms with Gasteiger partial charge in [0, 0.05) is 32.1 Å². The van der Waals surface area contributed by atoms with Gasteiger partial charge in [0.2, 0.25) is 5.91 Å². The predicted octanol–water partition coefficient (Wildman–Crippen LogP) is 1.50. The molecule has 2 rings (SSSR count). The fraction of sp³-hybridized carbons (Fsp3) is 0.529. The van der Waals surface area contributed by atoms with Crippen LogP contribution in [0.1, 0.15) is 47.7 Å². The molecule has 2 heterocycles. The summed E-state index contributed by atoms with van der Waals surface area (Å²) >= 11 is 0. The summed E-state index contributed by atoms with van der Waals surface area (Å²) in [6.45, 7) is 6.27. The lowest BCUT2D eigenvalue weighted by Gasteiger charge is -2.33. The summed E-state index contributed by atoms with van der Waals surface area (Å²) in [6.07, 6.45) is 1.25. The van der Waals surface area contributed by atoms with Crippen LogP contribution in [0.3, 0.4) is 0 Å². The van der Waals surface area contributed by atoms with Crippen molar-refractivity contribution in [3.8, 4) is 0 Å². The van der Waals surface area contributed by atoms with Crippen molar-refractivity contribution in [2.45, 2.75) is 26.7 Å². The summed E-state index contributed by atoms with van der Waals surface area (Å²) in [4.78, 5) is 43.2. The molecule has 0 aromatic carbocycles. The Labute approximate surface area is 141 Å². The van der Waals surface area contributed by atoms with Gasteiger partial charge in [0.25, 0.3) is 5.91 Å². The van der Waals surface area contributed by atoms with E-state index in [2.05, 4.69) is 4.98 Å². The minimum Gasteiger partial charge on any atom is -0.477 e. The average molecular weight is 333 g/mol. The van der Waals surface area contributed by atoms with Crippen LogP contribution >= 0.6 is 0 Å². The molecule has 0 atom stereocenters. The quantitative estimate of drug-likeness (QED) is 0.882. The number of amides is 2. The first-order valence-electron chi connectivity index (χ1n) is 8.26. The normalized spacial score (nSPS) is 15.2. The van der Waals surface area contributed by atoms with Crippen molar-refractivity contribution in [3.63, 3.8) is 0 Å². The van der Waals surface area contributed by atoms with Crippen LogP contribution in [0.2, 0.25) is 0 Å². The van der Waals surface area contributed by atoms with Crippen LogP contribution in [-0.4, -0.2) is 63.9 Å². The van der Waals surface area contributed by atoms with E-state index in [9.17, 15) is 14.4 Å². The van der Waals surface area contributed by atoms with Gasteiger partial charge >= 0.3 is 5.97 Å². The number of carboxylic acids is 1. The fourth-order valence-electron chi connectivity index (χ4n) is 2.96. The maximum absolute atomic E-state index is 12.5. The Kier molecular flexibility index (Phi) is 5.89. The highest BCUT2D eigenvalue weighted by Crippen LogP contribution is 2.21. The summed E-state index contributed by atoms with van der Waals surface area (Å²) in [5, 5.41) is 8.97. The smallest absolute Gasteiger partial charge is 0.354 e. The van der Waals surface area contributed by atoms with Crippen molar-refractivity contribution in [1.29, 1.82) is 0 Å². The number of nitrogens with zero attached hydrogens (tertiary/aromatic N) is 3. The van der Waals surface area contributed by atoms with Crippen molar-refractivity contribution >= 4 is 17.8 Å². The molecule has 2 amide bonds. The molecule has 1 saturated heterocycles. The van der Waals surface area contributed by atoms with Crippen LogP contribution in [0.25, 0.3) is 0 Å². The molecule has 1 aliphatic rings. The molecule has 1 N–H and O–H groups in total. The van der Waals surface area contributed by atoms with Gasteiger partial charge in [0.15, 0.2) is 0 Å². The standard InChI is InChI=1S/C17H23N3O4/c1-3-19(4-2)15(21)12-8-10-20(11-9-12)16(22)13-6-5-7-14(18-13)17(23)24/h5-7,12H,3-4,8-11H2,1-2H3,(H,23,24). The fourth-order valence-corrected chi connectivity index (χ4v) is 2.96. The number of hydrogen-bond acceptors (Lipinski definition) is 4. The van der Waals surface area contributed by atoms with E-state index in [0.29, 0.717) is 39.0 Å². The molecule has 7 nitrogen and oxygen atoms in total. The Morgan fingerprint density at radius 1 is 1.17 bits per heavy atom. The zero-order valence-electron chi connectivity index (χ0n) is 14.1. The number of carboxylic acid groups (broad SMARTS) is 1. The van der Waals surface area contributed by atoms with Gasteiger partial charge in [-0.25, -0.2) is 9.78 Å². The van der Waals surface area contributed by atoms with E-state index in [4.69, 9.17) is 5.11 Å². The SMILES string of the molecule is CCN(CC)C(=O)C1CCN(C(=O)c2cccc(C(=O)O)n2)CC1. The summed E-state index contributed by atoms with van der Waals surface area (Å²) in [5.74, 6) is -1.34. The third kappa shape index (κ3) is 3.90. The molecular formula is C17H23N3O4. The topological polar surface area (TPSA) is 90.8 Å². The first-order valence-corrected chi connectivity index (χ1v) is 8.26. The van der Waals surface area contributed by atoms with E-state index in [1.165, 1.54) is 18.2 Å². The summed E-state index contributed by atoms with van der Waals surface area (Å²) in [6, 6.07) is 4.39. The maximum atomic E-state index is 12.5. The molecule has 0 bridgehead atoms. The van der Waals surface area contributed by atoms with Crippen LogP contribution in [-0.2, 0) is 4.79 Å². The van der Waals surface area contributed by atoms with Gasteiger partial charge < -0.3 is 14.9 Å². The van der Waals surface area contributed by atoms with Crippen LogP contribution in [0.5, 0.6) is 0 Å². The molecular weight excluding hydrogens is 310 g/mol. The highest BCUT2D eigenvalue weighted by Gasteiger charge is 2.30. The van der Waals surface area contributed by atoms with Gasteiger partial charge in [-0.05, 0) is 38.8 Å². The number of rotatable bonds is 5. The van der Waals surface area contributed by atoms with Crippen LogP contribution in [0.15, 0.2) is 18.2 Å². The lowest BCUT2D eigenvalue weighted by molar-refractivity contribution is -0.136. The summed E-state index contributed by atoms with van der Waals surface area (Å²) < 4.78 is 0. The van der Waals surface area contributed by atoms with E-state index >= 15 is 0 Å². The molecule has 130 valence electrons. The minimum atomic E-state index is -1.16. The number of carbonyl (C=O) groups excluding carboxylic acids is 2. The van der Waals surface area contributed by atoms with E-state index in [0.717, 1.165) is 0 Å². The van der Waals surface area contributed by atoms with Gasteiger partial charge in [-0.1, -0.05) is 6.07 Å². The molecule has 0 spiro atoms. The molecule has 24 heavy (non-hydrogen) atoms. The molecule has 0 saturated carbocycles. The first-order chi connectivity index (χ1) is 11.5. The summed E-state index contributed by atoms with van der Waals surface area (Å²) in [5.41, 5.74) is -0.0177. The van der Waals surface area contributed by atoms with E-state index in [1.807, 2.05) is 18.7 Å². The second-order valence-electron chi connectivity index (χ2n) is 5.79. The lowest BCUT2D eigenvalue weighted by atomic mass is 9.95. The Hall–Kier alpha value is -2.44. The predicted molar refractivity (Wildman–Crippen MR) is 87.8 cm³/mol. The molecule has 1 fully saturated rings. The second-order valence-corrected chi connectivity index (χ2v) is 5.79. The number of aromatic carboxylic acids is 1. The molecule has 0 radical (unpaired) electrons. The Morgan fingerprint density at radius 2 is 1.75 bits per heavy atom. The van der Waals surface area contributed by atoms with Crippen LogP contribution in [0.4, 0.5) is 0 Å². The van der Waals surface area contributed by atoms with Crippen molar-refractivity contribution in [3.05, 3.63) is 29.6 Å². The first kappa shape index (κ1) is 17.9. The number of piperidine rings is 1. The number of aromatic nitrogens is 1. The van der Waals surface area contributed by atoms with E-state index in [1.54, 1.807) is 4.90 Å². The zero-order chi connectivity index (χ0) is 17.7. The molecule has 1 aliphatic heterocycles. The van der Waals surface area contributed by atoms with Crippen LogP contribution in [0, 0.1) is 5.92 Å². The van der Waals surface area contributed by atoms with Gasteiger partial charge in [0.05, 0.1) is 0 Å². The molecule has 0 unspecified atom stereocenters. The lowest BCUT2D eigenvalue weighted by Crippen LogP contribution is -2.44. The summed E-state index contributed by atoms with van der Waals surface area (Å²) in [7, 11) is 0. The largest absolute Gasteiger partial charge is 0.477 e. The van der Waals surface area contributed by atoms with E-state index in [-0.39, 0.29) is 29.1 Å². The second kappa shape index (κ2) is 7.90.